The van der Waals surface area contributed by atoms with Crippen molar-refractivity contribution in [2.24, 2.45) is 0 Å². The number of hydrogen-bond donors (Lipinski definition) is 2. The zero-order valence-corrected chi connectivity index (χ0v) is 7.55. The van der Waals surface area contributed by atoms with Gasteiger partial charge in [0.2, 0.25) is 0 Å². The first kappa shape index (κ1) is 11.0. The molecule has 0 aliphatic rings. The van der Waals surface area contributed by atoms with Crippen LogP contribution in [0.15, 0.2) is 0 Å². The van der Waals surface area contributed by atoms with Crippen LogP contribution in [-0.2, 0) is 0 Å². The van der Waals surface area contributed by atoms with Gasteiger partial charge in [-0.3, -0.25) is 10.3 Å². The molecule has 0 atom stereocenters. The summed E-state index contributed by atoms with van der Waals surface area (Å²) in [6.45, 7) is 2.12. The Morgan fingerprint density at radius 1 is 1.67 bits per heavy atom. The van der Waals surface area contributed by atoms with Crippen LogP contribution in [0.1, 0.15) is 13.3 Å². The largest absolute Gasteiger partial charge is 0.338 e. The lowest BCUT2D eigenvalue weighted by molar-refractivity contribution is 0.226. The van der Waals surface area contributed by atoms with Gasteiger partial charge in [-0.2, -0.15) is 0 Å². The van der Waals surface area contributed by atoms with Crippen LogP contribution >= 0.6 is 0 Å². The molecule has 0 spiro atoms. The molecule has 2 N–H and O–H groups in total. The van der Waals surface area contributed by atoms with E-state index in [0.717, 1.165) is 6.42 Å². The van der Waals surface area contributed by atoms with Crippen molar-refractivity contribution in [2.75, 3.05) is 13.6 Å². The molecule has 66 valence electrons. The zero-order chi connectivity index (χ0) is 9.56. The molecule has 0 aromatic rings. The maximum Gasteiger partial charge on any atom is 0.322 e. The fourth-order valence-electron chi connectivity index (χ4n) is 0.568. The van der Waals surface area contributed by atoms with Crippen LogP contribution in [0.4, 0.5) is 4.79 Å². The molecular formula is C7H14BN3O. The van der Waals surface area contributed by atoms with Crippen molar-refractivity contribution in [3.8, 4) is 0 Å². The first-order valence-electron chi connectivity index (χ1n) is 3.86. The third-order valence-electron chi connectivity index (χ3n) is 1.46. The summed E-state index contributed by atoms with van der Waals surface area (Å²) in [5.74, 6) is 0.222. The SMILES string of the molecule is [B]CCCNC(=O)N(C)C(C)=N. The topological polar surface area (TPSA) is 56.2 Å². The number of carbonyl (C=O) groups is 1. The van der Waals surface area contributed by atoms with Gasteiger partial charge in [-0.1, -0.05) is 6.32 Å². The number of hydrogen-bond acceptors (Lipinski definition) is 2. The van der Waals surface area contributed by atoms with Crippen LogP contribution in [0.5, 0.6) is 0 Å². The molecule has 0 unspecified atom stereocenters. The van der Waals surface area contributed by atoms with Gasteiger partial charge >= 0.3 is 6.03 Å². The predicted octanol–water partition coefficient (Wildman–Crippen LogP) is 0.602. The quantitative estimate of drug-likeness (QED) is 0.275. The van der Waals surface area contributed by atoms with E-state index < -0.39 is 0 Å². The molecule has 0 saturated heterocycles. The minimum absolute atomic E-state index is 0.222. The van der Waals surface area contributed by atoms with Crippen molar-refractivity contribution >= 4 is 19.7 Å². The second-order valence-corrected chi connectivity index (χ2v) is 2.52. The normalized spacial score (nSPS) is 9.17. The lowest BCUT2D eigenvalue weighted by atomic mass is 10.0. The number of amides is 2. The number of amidine groups is 1. The first-order valence-corrected chi connectivity index (χ1v) is 3.86. The second-order valence-electron chi connectivity index (χ2n) is 2.52. The molecule has 0 rings (SSSR count). The van der Waals surface area contributed by atoms with Gasteiger partial charge in [0, 0.05) is 13.6 Å². The Morgan fingerprint density at radius 3 is 2.67 bits per heavy atom. The minimum atomic E-state index is -0.254. The number of rotatable bonds is 3. The predicted molar refractivity (Wildman–Crippen MR) is 49.7 cm³/mol. The molecule has 12 heavy (non-hydrogen) atoms. The standard InChI is InChI=1S/C7H14BN3O/c1-6(9)11(2)7(12)10-5-3-4-8/h9H,3-5H2,1-2H3,(H,10,12). The maximum atomic E-state index is 11.1. The Hall–Kier alpha value is -0.995. The second kappa shape index (κ2) is 5.63. The molecule has 4 nitrogen and oxygen atoms in total. The molecule has 0 fully saturated rings. The highest BCUT2D eigenvalue weighted by molar-refractivity contribution is 6.08. The van der Waals surface area contributed by atoms with E-state index in [9.17, 15) is 4.79 Å². The molecule has 5 heteroatoms. The maximum absolute atomic E-state index is 11.1. The van der Waals surface area contributed by atoms with Crippen LogP contribution < -0.4 is 5.32 Å². The highest BCUT2D eigenvalue weighted by Gasteiger charge is 2.07. The van der Waals surface area contributed by atoms with Gasteiger partial charge in [-0.05, 0) is 13.3 Å². The molecule has 0 aromatic carbocycles. The van der Waals surface area contributed by atoms with Crippen LogP contribution in [0.2, 0.25) is 6.32 Å². The van der Waals surface area contributed by atoms with Gasteiger partial charge in [-0.15, -0.1) is 0 Å². The average Bonchev–Trinajstić information content (AvgIpc) is 2.03. The van der Waals surface area contributed by atoms with Gasteiger partial charge in [0.25, 0.3) is 0 Å². The Kier molecular flexibility index (Phi) is 5.16. The fourth-order valence-corrected chi connectivity index (χ4v) is 0.568. The highest BCUT2D eigenvalue weighted by atomic mass is 16.2. The van der Waals surface area contributed by atoms with E-state index in [-0.39, 0.29) is 11.9 Å². The first-order chi connectivity index (χ1) is 5.59. The summed E-state index contributed by atoms with van der Waals surface area (Å²) in [6, 6.07) is -0.254. The van der Waals surface area contributed by atoms with E-state index in [1.54, 1.807) is 14.0 Å². The van der Waals surface area contributed by atoms with Gasteiger partial charge in [0.1, 0.15) is 5.84 Å². The van der Waals surface area contributed by atoms with Crippen LogP contribution in [0.25, 0.3) is 0 Å². The van der Waals surface area contributed by atoms with Crippen molar-refractivity contribution < 1.29 is 4.79 Å². The number of urea groups is 1. The number of carbonyl (C=O) groups excluding carboxylic acids is 1. The van der Waals surface area contributed by atoms with Crippen molar-refractivity contribution in [3.63, 3.8) is 0 Å². The monoisotopic (exact) mass is 167 g/mol. The Morgan fingerprint density at radius 2 is 2.25 bits per heavy atom. The Labute approximate surface area is 74.2 Å². The van der Waals surface area contributed by atoms with Gasteiger partial charge < -0.3 is 5.32 Å². The van der Waals surface area contributed by atoms with Crippen LogP contribution in [0.3, 0.4) is 0 Å². The third-order valence-corrected chi connectivity index (χ3v) is 1.46. The van der Waals surface area contributed by atoms with E-state index >= 15 is 0 Å². The number of nitrogens with one attached hydrogen (secondary N) is 2. The lowest BCUT2D eigenvalue weighted by Gasteiger charge is -2.15. The summed E-state index contributed by atoms with van der Waals surface area (Å²) in [7, 11) is 6.80. The van der Waals surface area contributed by atoms with Gasteiger partial charge in [0.05, 0.1) is 7.85 Å². The van der Waals surface area contributed by atoms with Gasteiger partial charge in [0.15, 0.2) is 0 Å². The van der Waals surface area contributed by atoms with E-state index in [0.29, 0.717) is 12.9 Å². The summed E-state index contributed by atoms with van der Waals surface area (Å²) < 4.78 is 0. The van der Waals surface area contributed by atoms with E-state index in [1.165, 1.54) is 4.90 Å². The van der Waals surface area contributed by atoms with Crippen LogP contribution in [-0.4, -0.2) is 38.2 Å². The Balaban J connectivity index is 3.65. The smallest absolute Gasteiger partial charge is 0.322 e. The molecule has 0 aromatic heterocycles. The Bertz CT molecular complexity index is 172. The molecule has 2 radical (unpaired) electrons. The molecule has 0 aliphatic carbocycles. The number of nitrogens with zero attached hydrogens (tertiary/aromatic N) is 1. The van der Waals surface area contributed by atoms with E-state index in [4.69, 9.17) is 13.3 Å². The molecule has 0 aliphatic heterocycles. The highest BCUT2D eigenvalue weighted by Crippen LogP contribution is 1.87. The van der Waals surface area contributed by atoms with Crippen molar-refractivity contribution in [1.82, 2.24) is 10.2 Å². The molecule has 0 bridgehead atoms. The third kappa shape index (κ3) is 4.00. The summed E-state index contributed by atoms with van der Waals surface area (Å²) in [5, 5.41) is 9.78. The molecule has 0 heterocycles. The summed E-state index contributed by atoms with van der Waals surface area (Å²) >= 11 is 0. The lowest BCUT2D eigenvalue weighted by Crippen LogP contribution is -2.40. The molecule has 2 amide bonds. The fraction of sp³-hybridized carbons (Fsp3) is 0.714. The van der Waals surface area contributed by atoms with Crippen molar-refractivity contribution in [2.45, 2.75) is 19.7 Å². The molecular weight excluding hydrogens is 153 g/mol. The average molecular weight is 167 g/mol. The van der Waals surface area contributed by atoms with Crippen molar-refractivity contribution in [1.29, 1.82) is 5.41 Å². The molecule has 0 saturated carbocycles. The van der Waals surface area contributed by atoms with E-state index in [2.05, 4.69) is 5.32 Å². The zero-order valence-electron chi connectivity index (χ0n) is 7.55. The summed E-state index contributed by atoms with van der Waals surface area (Å²) in [6.07, 6.45) is 1.32. The van der Waals surface area contributed by atoms with Crippen molar-refractivity contribution in [3.05, 3.63) is 0 Å². The van der Waals surface area contributed by atoms with Crippen LogP contribution in [0, 0.1) is 5.41 Å². The summed E-state index contributed by atoms with van der Waals surface area (Å²) in [4.78, 5) is 12.3. The van der Waals surface area contributed by atoms with E-state index in [1.807, 2.05) is 0 Å². The van der Waals surface area contributed by atoms with Gasteiger partial charge in [-0.25, -0.2) is 4.79 Å². The minimum Gasteiger partial charge on any atom is -0.338 e. The summed E-state index contributed by atoms with van der Waals surface area (Å²) in [5.41, 5.74) is 0.